The van der Waals surface area contributed by atoms with Crippen molar-refractivity contribution in [3.63, 3.8) is 0 Å². The number of ether oxygens (including phenoxy) is 4. The van der Waals surface area contributed by atoms with E-state index >= 15 is 0 Å². The number of rotatable bonds is 6. The number of esters is 1. The first kappa shape index (κ1) is 27.4. The number of hydrogen-bond donors (Lipinski definition) is 2. The van der Waals surface area contributed by atoms with Crippen LogP contribution in [-0.2, 0) is 17.6 Å². The lowest BCUT2D eigenvalue weighted by molar-refractivity contribution is -0.132. The van der Waals surface area contributed by atoms with Gasteiger partial charge in [-0.2, -0.15) is 5.26 Å². The summed E-state index contributed by atoms with van der Waals surface area (Å²) in [6.07, 6.45) is 2.89. The van der Waals surface area contributed by atoms with Crippen molar-refractivity contribution in [2.24, 2.45) is 0 Å². The minimum Gasteiger partial charge on any atom is -0.504 e. The Hall–Kier alpha value is -3.78. The molecule has 0 aromatic heterocycles. The maximum Gasteiger partial charge on any atom is 0.308 e. The Morgan fingerprint density at radius 2 is 2.00 bits per heavy atom. The van der Waals surface area contributed by atoms with Gasteiger partial charge in [-0.25, -0.2) is 0 Å². The Morgan fingerprint density at radius 3 is 2.68 bits per heavy atom. The lowest BCUT2D eigenvalue weighted by atomic mass is 9.71. The standard InChI is InChI=1S/C31H36N4O6/c1-7-8-33-13-23-25-19(29(41-17(4)36)16(3)30-31(25)40-14-39-30)11-21-26-24-18(9-15(2)28(38-6)27(24)37)10-20(34(26)5)22(12-32)35(21)23/h7,9,20-23,26,33,37H,1,8,10-11,13-14H2,2-6H3/t20-,21?,22-,23-,26+/m0/s1. The molecule has 4 aliphatic rings. The van der Waals surface area contributed by atoms with Crippen molar-refractivity contribution >= 4 is 5.97 Å². The number of carbonyl (C=O) groups excluding carboxylic acids is 1. The number of phenols is 1. The third kappa shape index (κ3) is 3.98. The Labute approximate surface area is 240 Å². The van der Waals surface area contributed by atoms with Gasteiger partial charge in [0.15, 0.2) is 23.0 Å². The summed E-state index contributed by atoms with van der Waals surface area (Å²) in [7, 11) is 3.60. The highest BCUT2D eigenvalue weighted by Crippen LogP contribution is 2.58. The maximum absolute atomic E-state index is 12.3. The number of likely N-dealkylation sites (N-methyl/N-ethyl adjacent to an activating group) is 1. The van der Waals surface area contributed by atoms with Crippen LogP contribution in [0.15, 0.2) is 18.7 Å². The van der Waals surface area contributed by atoms with E-state index in [1.54, 1.807) is 13.2 Å². The van der Waals surface area contributed by atoms with Gasteiger partial charge in [0.25, 0.3) is 0 Å². The summed E-state index contributed by atoms with van der Waals surface area (Å²) in [6.45, 7) is 10.2. The first-order chi connectivity index (χ1) is 19.7. The van der Waals surface area contributed by atoms with Gasteiger partial charge in [-0.15, -0.1) is 6.58 Å². The molecule has 216 valence electrons. The van der Waals surface area contributed by atoms with Crippen molar-refractivity contribution in [2.45, 2.75) is 63.8 Å². The summed E-state index contributed by atoms with van der Waals surface area (Å²) >= 11 is 0. The van der Waals surface area contributed by atoms with Crippen LogP contribution in [0.2, 0.25) is 0 Å². The fraction of sp³-hybridized carbons (Fsp3) is 0.484. The first-order valence-electron chi connectivity index (χ1n) is 14.0. The van der Waals surface area contributed by atoms with Crippen LogP contribution in [0.1, 0.15) is 52.4 Å². The number of carbonyl (C=O) groups is 1. The summed E-state index contributed by atoms with van der Waals surface area (Å²) in [5, 5.41) is 25.7. The zero-order valence-corrected chi connectivity index (χ0v) is 24.1. The molecule has 6 rings (SSSR count). The van der Waals surface area contributed by atoms with Crippen LogP contribution < -0.4 is 24.3 Å². The fourth-order valence-corrected chi connectivity index (χ4v) is 7.63. The maximum atomic E-state index is 12.3. The van der Waals surface area contributed by atoms with Gasteiger partial charge in [0.1, 0.15) is 11.8 Å². The van der Waals surface area contributed by atoms with E-state index in [-0.39, 0.29) is 36.7 Å². The van der Waals surface area contributed by atoms with Gasteiger partial charge in [0.05, 0.1) is 25.3 Å². The molecule has 41 heavy (non-hydrogen) atoms. The molecule has 0 aliphatic carbocycles. The average Bonchev–Trinajstić information content (AvgIpc) is 3.42. The van der Waals surface area contributed by atoms with E-state index < -0.39 is 12.0 Å². The number of methoxy groups -OCH3 is 1. The number of hydrogen-bond acceptors (Lipinski definition) is 10. The van der Waals surface area contributed by atoms with E-state index in [1.165, 1.54) is 6.92 Å². The second kappa shape index (κ2) is 10.2. The molecular formula is C31H36N4O6. The summed E-state index contributed by atoms with van der Waals surface area (Å²) in [5.41, 5.74) is 5.16. The Kier molecular flexibility index (Phi) is 6.85. The summed E-state index contributed by atoms with van der Waals surface area (Å²) in [6, 6.07) is 3.41. The van der Waals surface area contributed by atoms with E-state index in [2.05, 4.69) is 33.8 Å². The topological polar surface area (TPSA) is 117 Å². The van der Waals surface area contributed by atoms with Crippen molar-refractivity contribution < 1.29 is 28.8 Å². The quantitative estimate of drug-likeness (QED) is 0.236. The molecule has 4 aliphatic heterocycles. The number of aryl methyl sites for hydroxylation is 1. The average molecular weight is 561 g/mol. The van der Waals surface area contributed by atoms with Crippen molar-refractivity contribution in [3.05, 3.63) is 52.1 Å². The van der Waals surface area contributed by atoms with E-state index in [0.717, 1.165) is 27.8 Å². The van der Waals surface area contributed by atoms with Gasteiger partial charge in [-0.05, 0) is 44.9 Å². The van der Waals surface area contributed by atoms with Crippen molar-refractivity contribution in [2.75, 3.05) is 34.0 Å². The molecule has 4 heterocycles. The summed E-state index contributed by atoms with van der Waals surface area (Å²) < 4.78 is 23.4. The molecule has 1 unspecified atom stereocenters. The highest BCUT2D eigenvalue weighted by molar-refractivity contribution is 5.74. The van der Waals surface area contributed by atoms with Crippen LogP contribution in [0.25, 0.3) is 0 Å². The lowest BCUT2D eigenvalue weighted by Gasteiger charge is -2.60. The predicted octanol–water partition coefficient (Wildman–Crippen LogP) is 3.22. The Balaban J connectivity index is 1.61. The monoisotopic (exact) mass is 560 g/mol. The summed E-state index contributed by atoms with van der Waals surface area (Å²) in [4.78, 5) is 16.9. The molecule has 0 amide bonds. The third-order valence-corrected chi connectivity index (χ3v) is 9.14. The molecular weight excluding hydrogens is 524 g/mol. The molecule has 10 nitrogen and oxygen atoms in total. The highest BCUT2D eigenvalue weighted by atomic mass is 16.7. The van der Waals surface area contributed by atoms with Gasteiger partial charge in [-0.3, -0.25) is 14.6 Å². The number of phenolic OH excluding ortho intramolecular Hbond substituents is 1. The van der Waals surface area contributed by atoms with Gasteiger partial charge in [0, 0.05) is 54.4 Å². The molecule has 2 bridgehead atoms. The van der Waals surface area contributed by atoms with Gasteiger partial charge in [-0.1, -0.05) is 12.1 Å². The van der Waals surface area contributed by atoms with Gasteiger partial charge >= 0.3 is 5.97 Å². The zero-order valence-electron chi connectivity index (χ0n) is 24.1. The van der Waals surface area contributed by atoms with E-state index in [1.807, 2.05) is 20.9 Å². The normalized spacial score (nSPS) is 25.9. The third-order valence-electron chi connectivity index (χ3n) is 9.14. The SMILES string of the molecule is C=CCNC[C@H]1c2c(c(OC(C)=O)c(C)c3c2OCO3)CC2[C@@H]3c4c(cc(C)c(OC)c4O)C[C@@H]([C@H](C#N)N21)N3C. The lowest BCUT2D eigenvalue weighted by Crippen LogP contribution is -2.68. The van der Waals surface area contributed by atoms with Gasteiger partial charge in [0.2, 0.25) is 6.79 Å². The van der Waals surface area contributed by atoms with Crippen LogP contribution in [0, 0.1) is 25.2 Å². The molecule has 1 saturated heterocycles. The number of nitrogens with zero attached hydrogens (tertiary/aromatic N) is 3. The van der Waals surface area contributed by atoms with E-state index in [0.29, 0.717) is 54.5 Å². The Morgan fingerprint density at radius 1 is 1.24 bits per heavy atom. The van der Waals surface area contributed by atoms with Crippen LogP contribution in [0.4, 0.5) is 0 Å². The molecule has 0 saturated carbocycles. The highest BCUT2D eigenvalue weighted by Gasteiger charge is 2.56. The molecule has 10 heteroatoms. The first-order valence-corrected chi connectivity index (χ1v) is 14.0. The van der Waals surface area contributed by atoms with Gasteiger partial charge < -0.3 is 29.4 Å². The van der Waals surface area contributed by atoms with E-state index in [4.69, 9.17) is 18.9 Å². The number of aromatic hydroxyl groups is 1. The Bertz CT molecular complexity index is 1480. The molecule has 1 fully saturated rings. The van der Waals surface area contributed by atoms with Crippen molar-refractivity contribution in [3.8, 4) is 34.8 Å². The van der Waals surface area contributed by atoms with Crippen LogP contribution in [-0.4, -0.2) is 73.0 Å². The molecule has 0 spiro atoms. The van der Waals surface area contributed by atoms with Crippen molar-refractivity contribution in [1.82, 2.24) is 15.1 Å². The molecule has 2 aromatic rings. The minimum absolute atomic E-state index is 0.0679. The number of piperazine rings is 1. The second-order valence-corrected chi connectivity index (χ2v) is 11.3. The number of nitrogens with one attached hydrogen (secondary N) is 1. The predicted molar refractivity (Wildman–Crippen MR) is 151 cm³/mol. The largest absolute Gasteiger partial charge is 0.504 e. The smallest absolute Gasteiger partial charge is 0.308 e. The zero-order chi connectivity index (χ0) is 29.2. The van der Waals surface area contributed by atoms with Crippen LogP contribution in [0.5, 0.6) is 28.7 Å². The summed E-state index contributed by atoms with van der Waals surface area (Å²) in [5.74, 6) is 1.86. The molecule has 2 N–H and O–H groups in total. The van der Waals surface area contributed by atoms with E-state index in [9.17, 15) is 15.2 Å². The fourth-order valence-electron chi connectivity index (χ4n) is 7.63. The molecule has 2 aromatic carbocycles. The molecule has 5 atom stereocenters. The van der Waals surface area contributed by atoms with Crippen LogP contribution in [0.3, 0.4) is 0 Å². The number of benzene rings is 2. The van der Waals surface area contributed by atoms with Crippen molar-refractivity contribution in [1.29, 1.82) is 5.26 Å². The van der Waals surface area contributed by atoms with Crippen LogP contribution >= 0.6 is 0 Å². The minimum atomic E-state index is -0.445. The number of nitriles is 1. The molecule has 0 radical (unpaired) electrons. The number of fused-ring (bicyclic) bond motifs is 9. The second-order valence-electron chi connectivity index (χ2n) is 11.3.